The minimum Gasteiger partial charge on any atom is -0.497 e. The molecule has 33 heavy (non-hydrogen) atoms. The van der Waals surface area contributed by atoms with Crippen LogP contribution in [0.2, 0.25) is 0 Å². The van der Waals surface area contributed by atoms with Crippen molar-refractivity contribution in [1.29, 1.82) is 0 Å². The number of allylic oxidation sites excluding steroid dienone is 2. The molecule has 3 aromatic carbocycles. The van der Waals surface area contributed by atoms with Gasteiger partial charge in [-0.2, -0.15) is 0 Å². The molecule has 0 N–H and O–H groups in total. The zero-order valence-corrected chi connectivity index (χ0v) is 19.3. The predicted octanol–water partition coefficient (Wildman–Crippen LogP) is 7.75. The molecule has 1 aliphatic rings. The van der Waals surface area contributed by atoms with Crippen LogP contribution in [-0.4, -0.2) is 12.1 Å². The number of aromatic nitrogens is 1. The monoisotopic (exact) mass is 435 g/mol. The third kappa shape index (κ3) is 4.63. The first-order valence-electron chi connectivity index (χ1n) is 11.7. The van der Waals surface area contributed by atoms with Gasteiger partial charge in [0, 0.05) is 16.7 Å². The SMILES string of the molecule is COc1cc(C)cc(CC2CCCC=C2c2nc(-c3ccccc3)c(-c3ccccc3)o2)c1. The van der Waals surface area contributed by atoms with Crippen LogP contribution < -0.4 is 4.74 Å². The van der Waals surface area contributed by atoms with Crippen LogP contribution in [0.3, 0.4) is 0 Å². The molecule has 1 aromatic heterocycles. The number of nitrogens with zero attached hydrogens (tertiary/aromatic N) is 1. The summed E-state index contributed by atoms with van der Waals surface area (Å²) >= 11 is 0. The largest absolute Gasteiger partial charge is 0.497 e. The fourth-order valence-electron chi connectivity index (χ4n) is 4.78. The Kier molecular flexibility index (Phi) is 6.12. The standard InChI is InChI=1S/C30H29NO2/c1-21-17-22(20-26(18-21)32-2)19-25-15-9-10-16-27(25)30-31-28(23-11-5-3-6-12-23)29(33-30)24-13-7-4-8-14-24/h3-8,11-14,16-18,20,25H,9-10,15,19H2,1-2H3. The Labute approximate surface area is 195 Å². The average Bonchev–Trinajstić information content (AvgIpc) is 3.30. The number of hydrogen-bond acceptors (Lipinski definition) is 3. The van der Waals surface area contributed by atoms with Gasteiger partial charge in [-0.15, -0.1) is 0 Å². The summed E-state index contributed by atoms with van der Waals surface area (Å²) in [6.07, 6.45) is 6.66. The van der Waals surface area contributed by atoms with Crippen LogP contribution in [0.4, 0.5) is 0 Å². The topological polar surface area (TPSA) is 35.3 Å². The highest BCUT2D eigenvalue weighted by atomic mass is 16.5. The van der Waals surface area contributed by atoms with Crippen molar-refractivity contribution in [3.63, 3.8) is 0 Å². The van der Waals surface area contributed by atoms with E-state index in [9.17, 15) is 0 Å². The summed E-state index contributed by atoms with van der Waals surface area (Å²) in [6.45, 7) is 2.12. The molecule has 0 spiro atoms. The Morgan fingerprint density at radius 3 is 2.39 bits per heavy atom. The molecule has 5 rings (SSSR count). The van der Waals surface area contributed by atoms with Crippen molar-refractivity contribution < 1.29 is 9.15 Å². The van der Waals surface area contributed by atoms with Crippen molar-refractivity contribution in [2.75, 3.05) is 7.11 Å². The lowest BCUT2D eigenvalue weighted by Crippen LogP contribution is -2.11. The average molecular weight is 436 g/mol. The van der Waals surface area contributed by atoms with Gasteiger partial charge in [-0.25, -0.2) is 4.98 Å². The van der Waals surface area contributed by atoms with Crippen LogP contribution in [0.1, 0.15) is 36.3 Å². The summed E-state index contributed by atoms with van der Waals surface area (Å²) in [6, 6.07) is 27.1. The third-order valence-electron chi connectivity index (χ3n) is 6.35. The molecule has 1 unspecified atom stereocenters. The third-order valence-corrected chi connectivity index (χ3v) is 6.35. The van der Waals surface area contributed by atoms with Gasteiger partial charge in [0.05, 0.1) is 7.11 Å². The maximum absolute atomic E-state index is 6.53. The summed E-state index contributed by atoms with van der Waals surface area (Å²) in [4.78, 5) is 5.06. The second kappa shape index (κ2) is 9.50. The van der Waals surface area contributed by atoms with E-state index in [-0.39, 0.29) is 0 Å². The van der Waals surface area contributed by atoms with Gasteiger partial charge in [0.15, 0.2) is 5.76 Å². The van der Waals surface area contributed by atoms with Crippen molar-refractivity contribution in [2.24, 2.45) is 5.92 Å². The fourth-order valence-corrected chi connectivity index (χ4v) is 4.78. The zero-order valence-electron chi connectivity index (χ0n) is 19.3. The zero-order chi connectivity index (χ0) is 22.6. The van der Waals surface area contributed by atoms with Gasteiger partial charge < -0.3 is 9.15 Å². The Balaban J connectivity index is 1.54. The van der Waals surface area contributed by atoms with Gasteiger partial charge in [-0.1, -0.05) is 72.8 Å². The first-order chi connectivity index (χ1) is 16.2. The van der Waals surface area contributed by atoms with Crippen LogP contribution in [0.5, 0.6) is 5.75 Å². The van der Waals surface area contributed by atoms with Crippen LogP contribution in [0, 0.1) is 12.8 Å². The fraction of sp³-hybridized carbons (Fsp3) is 0.233. The lowest BCUT2D eigenvalue weighted by molar-refractivity contribution is 0.413. The summed E-state index contributed by atoms with van der Waals surface area (Å²) in [5.41, 5.74) is 6.76. The number of aryl methyl sites for hydroxylation is 1. The Bertz CT molecular complexity index is 1200. The normalized spacial score (nSPS) is 15.8. The first kappa shape index (κ1) is 21.3. The van der Waals surface area contributed by atoms with E-state index in [4.69, 9.17) is 14.1 Å². The molecule has 1 aliphatic carbocycles. The van der Waals surface area contributed by atoms with Gasteiger partial charge in [-0.05, 0) is 61.8 Å². The predicted molar refractivity (Wildman–Crippen MR) is 134 cm³/mol. The van der Waals surface area contributed by atoms with Crippen LogP contribution >= 0.6 is 0 Å². The molecule has 0 aliphatic heterocycles. The molecule has 0 amide bonds. The van der Waals surface area contributed by atoms with Crippen molar-refractivity contribution in [3.8, 4) is 28.3 Å². The summed E-state index contributed by atoms with van der Waals surface area (Å²) in [7, 11) is 1.73. The number of benzene rings is 3. The van der Waals surface area contributed by atoms with E-state index in [0.29, 0.717) is 5.92 Å². The second-order valence-electron chi connectivity index (χ2n) is 8.78. The number of oxazole rings is 1. The molecule has 4 aromatic rings. The maximum Gasteiger partial charge on any atom is 0.223 e. The molecule has 0 fully saturated rings. The lowest BCUT2D eigenvalue weighted by Gasteiger charge is -2.23. The molecule has 1 heterocycles. The van der Waals surface area contributed by atoms with Crippen molar-refractivity contribution in [1.82, 2.24) is 4.98 Å². The van der Waals surface area contributed by atoms with E-state index < -0.39 is 0 Å². The number of ether oxygens (including phenoxy) is 1. The molecule has 166 valence electrons. The van der Waals surface area contributed by atoms with E-state index in [1.165, 1.54) is 23.1 Å². The first-order valence-corrected chi connectivity index (χ1v) is 11.7. The second-order valence-corrected chi connectivity index (χ2v) is 8.78. The molecule has 3 heteroatoms. The smallest absolute Gasteiger partial charge is 0.223 e. The van der Waals surface area contributed by atoms with E-state index in [2.05, 4.69) is 55.5 Å². The molecule has 0 saturated carbocycles. The van der Waals surface area contributed by atoms with Crippen molar-refractivity contribution in [2.45, 2.75) is 32.6 Å². The molecular weight excluding hydrogens is 406 g/mol. The number of rotatable bonds is 6. The molecule has 1 atom stereocenters. The van der Waals surface area contributed by atoms with Crippen molar-refractivity contribution >= 4 is 5.57 Å². The Morgan fingerprint density at radius 2 is 1.67 bits per heavy atom. The molecule has 0 saturated heterocycles. The Hall–Kier alpha value is -3.59. The molecule has 3 nitrogen and oxygen atoms in total. The highest BCUT2D eigenvalue weighted by molar-refractivity contribution is 5.79. The molecule has 0 bridgehead atoms. The summed E-state index contributed by atoms with van der Waals surface area (Å²) < 4.78 is 12.0. The minimum atomic E-state index is 0.371. The molecular formula is C30H29NO2. The summed E-state index contributed by atoms with van der Waals surface area (Å²) in [5, 5.41) is 0. The van der Waals surface area contributed by atoms with Gasteiger partial charge in [0.25, 0.3) is 0 Å². The van der Waals surface area contributed by atoms with E-state index in [0.717, 1.165) is 53.5 Å². The summed E-state index contributed by atoms with van der Waals surface area (Å²) in [5.74, 6) is 2.87. The Morgan fingerprint density at radius 1 is 0.939 bits per heavy atom. The van der Waals surface area contributed by atoms with Gasteiger partial charge in [-0.3, -0.25) is 0 Å². The van der Waals surface area contributed by atoms with Gasteiger partial charge in [0.1, 0.15) is 11.4 Å². The molecule has 0 radical (unpaired) electrons. The van der Waals surface area contributed by atoms with Crippen LogP contribution in [0.15, 0.2) is 89.4 Å². The highest BCUT2D eigenvalue weighted by Gasteiger charge is 2.26. The van der Waals surface area contributed by atoms with Gasteiger partial charge >= 0.3 is 0 Å². The van der Waals surface area contributed by atoms with Crippen LogP contribution in [0.25, 0.3) is 28.2 Å². The van der Waals surface area contributed by atoms with Gasteiger partial charge in [0.2, 0.25) is 5.89 Å². The quantitative estimate of drug-likeness (QED) is 0.310. The van der Waals surface area contributed by atoms with E-state index >= 15 is 0 Å². The highest BCUT2D eigenvalue weighted by Crippen LogP contribution is 2.40. The number of hydrogen-bond donors (Lipinski definition) is 0. The van der Waals surface area contributed by atoms with E-state index in [1.807, 2.05) is 36.4 Å². The maximum atomic E-state index is 6.53. The minimum absolute atomic E-state index is 0.371. The lowest BCUT2D eigenvalue weighted by atomic mass is 9.83. The van der Waals surface area contributed by atoms with Crippen LogP contribution in [-0.2, 0) is 6.42 Å². The number of methoxy groups -OCH3 is 1. The van der Waals surface area contributed by atoms with Crippen molar-refractivity contribution in [3.05, 3.63) is 102 Å². The van der Waals surface area contributed by atoms with E-state index in [1.54, 1.807) is 7.11 Å².